The second-order valence-electron chi connectivity index (χ2n) is 6.55. The molecule has 0 spiro atoms. The number of aliphatic hydroxyl groups is 1. The van der Waals surface area contributed by atoms with Gasteiger partial charge in [0, 0.05) is 19.2 Å². The zero-order valence-corrected chi connectivity index (χ0v) is 16.3. The molecule has 154 valence electrons. The number of halogens is 3. The molecule has 3 rings (SSSR count). The van der Waals surface area contributed by atoms with Crippen LogP contribution in [0.5, 0.6) is 0 Å². The first-order valence-electron chi connectivity index (χ1n) is 9.14. The van der Waals surface area contributed by atoms with E-state index in [9.17, 15) is 18.7 Å². The minimum Gasteiger partial charge on any atom is -0.394 e. The topological polar surface area (TPSA) is 61.8 Å². The molecule has 0 radical (unpaired) electrons. The molecule has 2 N–H and O–H groups in total. The molecule has 1 aliphatic rings. The van der Waals surface area contributed by atoms with E-state index in [0.29, 0.717) is 43.1 Å². The van der Waals surface area contributed by atoms with Crippen molar-refractivity contribution in [2.45, 2.75) is 6.04 Å². The fourth-order valence-corrected chi connectivity index (χ4v) is 3.28. The van der Waals surface area contributed by atoms with Crippen LogP contribution < -0.4 is 10.2 Å². The maximum absolute atomic E-state index is 14.3. The number of carbonyl (C=O) groups is 1. The van der Waals surface area contributed by atoms with Gasteiger partial charge in [-0.05, 0) is 41.5 Å². The largest absolute Gasteiger partial charge is 0.394 e. The summed E-state index contributed by atoms with van der Waals surface area (Å²) >= 11 is 5.94. The van der Waals surface area contributed by atoms with Gasteiger partial charge < -0.3 is 20.1 Å². The Hall–Kier alpha value is -2.48. The summed E-state index contributed by atoms with van der Waals surface area (Å²) in [6, 6.07) is 7.62. The van der Waals surface area contributed by atoms with Crippen molar-refractivity contribution >= 4 is 29.3 Å². The van der Waals surface area contributed by atoms with Crippen LogP contribution in [-0.4, -0.2) is 43.9 Å². The third-order valence-corrected chi connectivity index (χ3v) is 4.93. The number of nitrogens with one attached hydrogen (secondary N) is 1. The van der Waals surface area contributed by atoms with E-state index in [4.69, 9.17) is 16.3 Å². The van der Waals surface area contributed by atoms with Crippen LogP contribution in [0.1, 0.15) is 17.2 Å². The van der Waals surface area contributed by atoms with Crippen LogP contribution in [0.25, 0.3) is 6.08 Å². The number of anilines is 1. The third-order valence-electron chi connectivity index (χ3n) is 4.60. The number of carbonyl (C=O) groups excluding carboxylic acids is 1. The number of nitrogens with zero attached hydrogens (tertiary/aromatic N) is 1. The molecule has 2 aromatic rings. The summed E-state index contributed by atoms with van der Waals surface area (Å²) in [5.74, 6) is -1.31. The SMILES string of the molecule is O=C(C=Cc1ccc(F)cc1Cl)N[C@@H](CO)c1ccc(F)c(N2CCOCC2)c1. The lowest BCUT2D eigenvalue weighted by Gasteiger charge is -2.30. The van der Waals surface area contributed by atoms with Crippen LogP contribution in [0.3, 0.4) is 0 Å². The van der Waals surface area contributed by atoms with Crippen molar-refractivity contribution < 1.29 is 23.4 Å². The van der Waals surface area contributed by atoms with E-state index < -0.39 is 17.8 Å². The van der Waals surface area contributed by atoms with E-state index in [0.717, 1.165) is 6.07 Å². The lowest BCUT2D eigenvalue weighted by Crippen LogP contribution is -2.37. The van der Waals surface area contributed by atoms with Gasteiger partial charge in [0.25, 0.3) is 0 Å². The second-order valence-corrected chi connectivity index (χ2v) is 6.96. The summed E-state index contributed by atoms with van der Waals surface area (Å²) in [6.07, 6.45) is 2.70. The molecule has 29 heavy (non-hydrogen) atoms. The molecule has 1 amide bonds. The highest BCUT2D eigenvalue weighted by Gasteiger charge is 2.19. The number of morpholine rings is 1. The van der Waals surface area contributed by atoms with Gasteiger partial charge in [0.1, 0.15) is 11.6 Å². The van der Waals surface area contributed by atoms with E-state index in [1.807, 2.05) is 4.90 Å². The maximum atomic E-state index is 14.3. The molecule has 0 aliphatic carbocycles. The van der Waals surface area contributed by atoms with Crippen molar-refractivity contribution in [1.82, 2.24) is 5.32 Å². The van der Waals surface area contributed by atoms with E-state index in [1.165, 1.54) is 36.4 Å². The smallest absolute Gasteiger partial charge is 0.244 e. The molecule has 1 saturated heterocycles. The monoisotopic (exact) mass is 422 g/mol. The number of ether oxygens (including phenoxy) is 1. The zero-order chi connectivity index (χ0) is 20.8. The highest BCUT2D eigenvalue weighted by molar-refractivity contribution is 6.32. The summed E-state index contributed by atoms with van der Waals surface area (Å²) < 4.78 is 32.7. The van der Waals surface area contributed by atoms with Gasteiger partial charge in [-0.3, -0.25) is 4.79 Å². The van der Waals surface area contributed by atoms with Crippen molar-refractivity contribution in [3.05, 3.63) is 70.3 Å². The van der Waals surface area contributed by atoms with Gasteiger partial charge in [0.05, 0.1) is 36.6 Å². The van der Waals surface area contributed by atoms with Gasteiger partial charge in [0.2, 0.25) is 5.91 Å². The van der Waals surface area contributed by atoms with Gasteiger partial charge >= 0.3 is 0 Å². The van der Waals surface area contributed by atoms with Gasteiger partial charge in [-0.25, -0.2) is 8.78 Å². The van der Waals surface area contributed by atoms with E-state index in [2.05, 4.69) is 5.32 Å². The minimum atomic E-state index is -0.712. The summed E-state index contributed by atoms with van der Waals surface area (Å²) in [5, 5.41) is 12.6. The Morgan fingerprint density at radius 3 is 2.69 bits per heavy atom. The number of aliphatic hydroxyl groups excluding tert-OH is 1. The van der Waals surface area contributed by atoms with E-state index in [1.54, 1.807) is 6.07 Å². The second kappa shape index (κ2) is 9.82. The Kier molecular flexibility index (Phi) is 7.19. The van der Waals surface area contributed by atoms with Crippen molar-refractivity contribution in [3.63, 3.8) is 0 Å². The van der Waals surface area contributed by atoms with Gasteiger partial charge in [0.15, 0.2) is 0 Å². The van der Waals surface area contributed by atoms with Crippen LogP contribution in [0.2, 0.25) is 5.02 Å². The number of amides is 1. The van der Waals surface area contributed by atoms with Gasteiger partial charge in [-0.1, -0.05) is 23.7 Å². The molecule has 1 heterocycles. The third kappa shape index (κ3) is 5.53. The van der Waals surface area contributed by atoms with Gasteiger partial charge in [-0.15, -0.1) is 0 Å². The van der Waals surface area contributed by atoms with Crippen molar-refractivity contribution in [1.29, 1.82) is 0 Å². The fraction of sp³-hybridized carbons (Fsp3) is 0.286. The molecular formula is C21H21ClF2N2O3. The molecule has 8 heteroatoms. The lowest BCUT2D eigenvalue weighted by molar-refractivity contribution is -0.117. The molecule has 0 unspecified atom stereocenters. The first-order valence-corrected chi connectivity index (χ1v) is 9.52. The van der Waals surface area contributed by atoms with Crippen LogP contribution in [0.4, 0.5) is 14.5 Å². The summed E-state index contributed by atoms with van der Waals surface area (Å²) in [7, 11) is 0. The molecule has 0 aromatic heterocycles. The lowest BCUT2D eigenvalue weighted by atomic mass is 10.1. The van der Waals surface area contributed by atoms with Gasteiger partial charge in [-0.2, -0.15) is 0 Å². The van der Waals surface area contributed by atoms with E-state index >= 15 is 0 Å². The molecular weight excluding hydrogens is 402 g/mol. The quantitative estimate of drug-likeness (QED) is 0.701. The fourth-order valence-electron chi connectivity index (χ4n) is 3.05. The minimum absolute atomic E-state index is 0.182. The predicted octanol–water partition coefficient (Wildman–Crippen LogP) is 3.32. The average Bonchev–Trinajstić information content (AvgIpc) is 2.72. The average molecular weight is 423 g/mol. The highest BCUT2D eigenvalue weighted by Crippen LogP contribution is 2.25. The maximum Gasteiger partial charge on any atom is 0.244 e. The van der Waals surface area contributed by atoms with Crippen LogP contribution >= 0.6 is 11.6 Å². The number of benzene rings is 2. The Bertz CT molecular complexity index is 901. The Labute approximate surface area is 172 Å². The Balaban J connectivity index is 1.72. The van der Waals surface area contributed by atoms with Crippen LogP contribution in [0.15, 0.2) is 42.5 Å². The number of hydrogen-bond donors (Lipinski definition) is 2. The molecule has 0 bridgehead atoms. The summed E-state index contributed by atoms with van der Waals surface area (Å²) in [4.78, 5) is 14.1. The van der Waals surface area contributed by atoms with Crippen molar-refractivity contribution in [3.8, 4) is 0 Å². The number of hydrogen-bond acceptors (Lipinski definition) is 4. The molecule has 1 aliphatic heterocycles. The van der Waals surface area contributed by atoms with E-state index in [-0.39, 0.29) is 17.4 Å². The molecule has 0 saturated carbocycles. The van der Waals surface area contributed by atoms with Crippen molar-refractivity contribution in [2.24, 2.45) is 0 Å². The Morgan fingerprint density at radius 2 is 2.00 bits per heavy atom. The normalized spacial score (nSPS) is 15.5. The molecule has 1 atom stereocenters. The highest BCUT2D eigenvalue weighted by atomic mass is 35.5. The molecule has 5 nitrogen and oxygen atoms in total. The summed E-state index contributed by atoms with van der Waals surface area (Å²) in [5.41, 5.74) is 1.48. The Morgan fingerprint density at radius 1 is 1.24 bits per heavy atom. The van der Waals surface area contributed by atoms with Crippen LogP contribution in [0, 0.1) is 11.6 Å². The number of rotatable bonds is 6. The summed E-state index contributed by atoms with van der Waals surface area (Å²) in [6.45, 7) is 1.81. The van der Waals surface area contributed by atoms with Crippen LogP contribution in [-0.2, 0) is 9.53 Å². The first kappa shape index (κ1) is 21.2. The molecule has 1 fully saturated rings. The zero-order valence-electron chi connectivity index (χ0n) is 15.6. The predicted molar refractivity (Wildman–Crippen MR) is 108 cm³/mol. The van der Waals surface area contributed by atoms with Crippen molar-refractivity contribution in [2.75, 3.05) is 37.8 Å². The molecule has 2 aromatic carbocycles. The standard InChI is InChI=1S/C21H21ClF2N2O3/c22-17-12-16(23)4-1-14(17)3-6-21(28)25-19(13-27)15-2-5-18(24)20(11-15)26-7-9-29-10-8-26/h1-6,11-12,19,27H,7-10,13H2,(H,25,28)/t19-/m0/s1. The first-order chi connectivity index (χ1) is 14.0.